The summed E-state index contributed by atoms with van der Waals surface area (Å²) in [5, 5.41) is 0. The van der Waals surface area contributed by atoms with Gasteiger partial charge in [-0.1, -0.05) is 12.1 Å². The maximum absolute atomic E-state index is 10.9. The number of hydrogen-bond acceptors (Lipinski definition) is 4. The summed E-state index contributed by atoms with van der Waals surface area (Å²) in [5.74, 6) is 0.355. The topological polar surface area (TPSA) is 72.5 Å². The Labute approximate surface area is 77.3 Å². The van der Waals surface area contributed by atoms with Crippen LogP contribution in [0.3, 0.4) is 0 Å². The van der Waals surface area contributed by atoms with Gasteiger partial charge in [-0.15, -0.1) is 0 Å². The first-order valence-corrected chi connectivity index (χ1v) is 4.90. The van der Waals surface area contributed by atoms with Crippen LogP contribution in [0.5, 0.6) is 5.75 Å². The van der Waals surface area contributed by atoms with Gasteiger partial charge >= 0.3 is 8.53 Å². The van der Waals surface area contributed by atoms with Gasteiger partial charge in [0.15, 0.2) is 5.78 Å². The smallest absolute Gasteiger partial charge is 0.312 e. The van der Waals surface area contributed by atoms with E-state index in [4.69, 9.17) is 14.9 Å². The highest BCUT2D eigenvalue weighted by Crippen LogP contribution is 2.26. The molecule has 0 heterocycles. The Morgan fingerprint density at radius 3 is 2.85 bits per heavy atom. The summed E-state index contributed by atoms with van der Waals surface area (Å²) >= 11 is 0. The van der Waals surface area contributed by atoms with Crippen LogP contribution >= 0.6 is 8.53 Å². The molecule has 1 unspecified atom stereocenters. The van der Waals surface area contributed by atoms with E-state index < -0.39 is 8.53 Å². The molecule has 0 aromatic heterocycles. The largest absolute Gasteiger partial charge is 0.436 e. The van der Waals surface area contributed by atoms with Gasteiger partial charge in [0.05, 0.1) is 0 Å². The van der Waals surface area contributed by atoms with E-state index in [-0.39, 0.29) is 5.78 Å². The van der Waals surface area contributed by atoms with Gasteiger partial charge in [0, 0.05) is 5.56 Å². The van der Waals surface area contributed by atoms with Crippen LogP contribution < -0.4 is 10.0 Å². The Bertz CT molecular complexity index is 314. The third kappa shape index (κ3) is 3.11. The monoisotopic (exact) mass is 199 g/mol. The van der Waals surface area contributed by atoms with E-state index in [1.165, 1.54) is 6.92 Å². The van der Waals surface area contributed by atoms with E-state index in [2.05, 4.69) is 0 Å². The van der Waals surface area contributed by atoms with Gasteiger partial charge in [-0.05, 0) is 19.1 Å². The molecule has 0 aliphatic carbocycles. The lowest BCUT2D eigenvalue weighted by Crippen LogP contribution is -1.96. The first-order valence-electron chi connectivity index (χ1n) is 3.62. The van der Waals surface area contributed by atoms with Gasteiger partial charge < -0.3 is 9.42 Å². The van der Waals surface area contributed by atoms with Crippen LogP contribution in [0.15, 0.2) is 24.3 Å². The van der Waals surface area contributed by atoms with Crippen LogP contribution in [-0.2, 0) is 0 Å². The fourth-order valence-corrected chi connectivity index (χ4v) is 1.21. The van der Waals surface area contributed by atoms with Crippen molar-refractivity contribution in [2.75, 3.05) is 0 Å². The van der Waals surface area contributed by atoms with Gasteiger partial charge in [-0.3, -0.25) is 10.3 Å². The molecule has 0 aliphatic heterocycles. The van der Waals surface area contributed by atoms with Gasteiger partial charge in [0.1, 0.15) is 5.75 Å². The minimum absolute atomic E-state index is 0.0512. The minimum Gasteiger partial charge on any atom is -0.436 e. The van der Waals surface area contributed by atoms with Crippen molar-refractivity contribution < 1.29 is 14.2 Å². The average Bonchev–Trinajstić information content (AvgIpc) is 2.03. The van der Waals surface area contributed by atoms with Crippen LogP contribution in [0.4, 0.5) is 0 Å². The number of rotatable bonds is 3. The maximum atomic E-state index is 10.9. The molecule has 0 radical (unpaired) electrons. The second kappa shape index (κ2) is 4.33. The van der Waals surface area contributed by atoms with Crippen LogP contribution in [0.1, 0.15) is 17.3 Å². The SMILES string of the molecule is CC(=O)c1cccc(OP(N)O)c1. The minimum atomic E-state index is -1.92. The number of hydrogen-bond donors (Lipinski definition) is 2. The Kier molecular flexibility index (Phi) is 3.37. The van der Waals surface area contributed by atoms with Crippen molar-refractivity contribution in [1.82, 2.24) is 0 Å². The molecule has 3 N–H and O–H groups in total. The standard InChI is InChI=1S/C8H10NO3P/c1-6(10)7-3-2-4-8(5-7)12-13(9)11/h2-5,11H,9H2,1H3. The molecule has 1 rings (SSSR count). The van der Waals surface area contributed by atoms with Crippen molar-refractivity contribution in [2.45, 2.75) is 6.92 Å². The summed E-state index contributed by atoms with van der Waals surface area (Å²) in [6, 6.07) is 6.52. The van der Waals surface area contributed by atoms with E-state index in [0.717, 1.165) is 0 Å². The zero-order valence-corrected chi connectivity index (χ0v) is 7.99. The molecule has 0 spiro atoms. The summed E-state index contributed by atoms with van der Waals surface area (Å²) in [4.78, 5) is 19.7. The molecule has 13 heavy (non-hydrogen) atoms. The van der Waals surface area contributed by atoms with E-state index in [1.54, 1.807) is 24.3 Å². The number of carbonyl (C=O) groups excluding carboxylic acids is 1. The molecule has 4 nitrogen and oxygen atoms in total. The summed E-state index contributed by atoms with van der Waals surface area (Å²) < 4.78 is 4.85. The Balaban J connectivity index is 2.85. The van der Waals surface area contributed by atoms with Gasteiger partial charge in [-0.25, -0.2) is 0 Å². The lowest BCUT2D eigenvalue weighted by atomic mass is 10.1. The summed E-state index contributed by atoms with van der Waals surface area (Å²) in [5.41, 5.74) is 5.60. The van der Waals surface area contributed by atoms with Crippen molar-refractivity contribution in [2.24, 2.45) is 5.50 Å². The van der Waals surface area contributed by atoms with Crippen molar-refractivity contribution in [3.8, 4) is 5.75 Å². The number of ketones is 1. The highest BCUT2D eigenvalue weighted by molar-refractivity contribution is 7.43. The second-order valence-corrected chi connectivity index (χ2v) is 3.27. The molecule has 0 fully saturated rings. The lowest BCUT2D eigenvalue weighted by molar-refractivity contribution is 0.101. The van der Waals surface area contributed by atoms with Crippen molar-refractivity contribution in [3.63, 3.8) is 0 Å². The fraction of sp³-hybridized carbons (Fsp3) is 0.125. The predicted molar refractivity (Wildman–Crippen MR) is 50.4 cm³/mol. The number of Topliss-reactive ketones (excluding diaryl/α,β-unsaturated/α-hetero) is 1. The number of carbonyl (C=O) groups is 1. The Morgan fingerprint density at radius 1 is 1.62 bits per heavy atom. The zero-order valence-electron chi connectivity index (χ0n) is 7.10. The normalized spacial score (nSPS) is 12.2. The van der Waals surface area contributed by atoms with Crippen LogP contribution in [0.25, 0.3) is 0 Å². The molecule has 70 valence electrons. The molecule has 5 heteroatoms. The summed E-state index contributed by atoms with van der Waals surface area (Å²) in [6.07, 6.45) is 0. The summed E-state index contributed by atoms with van der Waals surface area (Å²) in [7, 11) is -1.92. The summed E-state index contributed by atoms with van der Waals surface area (Å²) in [6.45, 7) is 1.46. The lowest BCUT2D eigenvalue weighted by Gasteiger charge is -2.06. The first kappa shape index (κ1) is 10.1. The molecule has 0 saturated heterocycles. The Morgan fingerprint density at radius 2 is 2.31 bits per heavy atom. The van der Waals surface area contributed by atoms with Gasteiger partial charge in [0.25, 0.3) is 0 Å². The third-order valence-electron chi connectivity index (χ3n) is 1.44. The van der Waals surface area contributed by atoms with Crippen LogP contribution in [0, 0.1) is 0 Å². The molecule has 0 amide bonds. The number of benzene rings is 1. The molecule has 1 aromatic rings. The van der Waals surface area contributed by atoms with E-state index >= 15 is 0 Å². The molecule has 0 aliphatic rings. The fourth-order valence-electron chi connectivity index (χ4n) is 0.880. The molecule has 1 atom stereocenters. The van der Waals surface area contributed by atoms with E-state index in [9.17, 15) is 4.79 Å². The highest BCUT2D eigenvalue weighted by Gasteiger charge is 2.03. The zero-order chi connectivity index (χ0) is 9.84. The Hall–Kier alpha value is -0.960. The third-order valence-corrected chi connectivity index (χ3v) is 1.84. The van der Waals surface area contributed by atoms with Crippen molar-refractivity contribution in [1.29, 1.82) is 0 Å². The quantitative estimate of drug-likeness (QED) is 0.570. The van der Waals surface area contributed by atoms with Crippen molar-refractivity contribution >= 4 is 14.3 Å². The van der Waals surface area contributed by atoms with Gasteiger partial charge in [-0.2, -0.15) is 0 Å². The van der Waals surface area contributed by atoms with Crippen LogP contribution in [-0.4, -0.2) is 10.7 Å². The van der Waals surface area contributed by atoms with E-state index in [0.29, 0.717) is 11.3 Å². The second-order valence-electron chi connectivity index (χ2n) is 2.48. The predicted octanol–water partition coefficient (Wildman–Crippen LogP) is 1.45. The molecule has 1 aromatic carbocycles. The maximum Gasteiger partial charge on any atom is 0.312 e. The molecular formula is C8H10NO3P. The van der Waals surface area contributed by atoms with Crippen LogP contribution in [0.2, 0.25) is 0 Å². The average molecular weight is 199 g/mol. The van der Waals surface area contributed by atoms with Crippen molar-refractivity contribution in [3.05, 3.63) is 29.8 Å². The van der Waals surface area contributed by atoms with Gasteiger partial charge in [0.2, 0.25) is 0 Å². The molecule has 0 saturated carbocycles. The molecule has 0 bridgehead atoms. The van der Waals surface area contributed by atoms with E-state index in [1.807, 2.05) is 0 Å². The number of nitrogens with two attached hydrogens (primary N) is 1. The highest BCUT2D eigenvalue weighted by atomic mass is 31.2. The molecular weight excluding hydrogens is 189 g/mol. The first-order chi connectivity index (χ1) is 6.09.